The number of carbonyl (C=O) groups excluding carboxylic acids is 1. The lowest BCUT2D eigenvalue weighted by molar-refractivity contribution is -0.116. The van der Waals surface area contributed by atoms with Crippen molar-refractivity contribution in [3.05, 3.63) is 48.2 Å². The van der Waals surface area contributed by atoms with Gasteiger partial charge in [0, 0.05) is 39.1 Å². The first-order valence-corrected chi connectivity index (χ1v) is 12.3. The van der Waals surface area contributed by atoms with E-state index in [9.17, 15) is 13.2 Å². The number of nitrogens with zero attached hydrogens (tertiary/aromatic N) is 3. The van der Waals surface area contributed by atoms with Gasteiger partial charge < -0.3 is 15.1 Å². The third-order valence-corrected chi connectivity index (χ3v) is 7.01. The van der Waals surface area contributed by atoms with E-state index in [1.807, 2.05) is 24.3 Å². The molecule has 1 aliphatic rings. The van der Waals surface area contributed by atoms with Gasteiger partial charge in [-0.25, -0.2) is 18.1 Å². The van der Waals surface area contributed by atoms with Crippen LogP contribution < -0.4 is 14.9 Å². The van der Waals surface area contributed by atoms with Gasteiger partial charge in [0.25, 0.3) is 0 Å². The molecule has 0 saturated carbocycles. The summed E-state index contributed by atoms with van der Waals surface area (Å²) in [6, 6.07) is 10.5. The molecule has 1 aliphatic heterocycles. The van der Waals surface area contributed by atoms with Crippen LogP contribution in [-0.2, 0) is 20.2 Å². The Morgan fingerprint density at radius 1 is 1.03 bits per heavy atom. The van der Waals surface area contributed by atoms with Crippen LogP contribution in [0.5, 0.6) is 0 Å². The molecule has 1 aromatic carbocycles. The van der Waals surface area contributed by atoms with E-state index in [1.165, 1.54) is 0 Å². The lowest BCUT2D eigenvalue weighted by atomic mass is 9.87. The number of likely N-dealkylation sites (N-methyl/N-ethyl adjacent to an activating group) is 1. The van der Waals surface area contributed by atoms with E-state index in [2.05, 4.69) is 52.6 Å². The van der Waals surface area contributed by atoms with E-state index in [0.29, 0.717) is 5.69 Å². The zero-order valence-corrected chi connectivity index (χ0v) is 20.1. The summed E-state index contributed by atoms with van der Waals surface area (Å²) >= 11 is 0. The lowest BCUT2D eigenvalue weighted by Gasteiger charge is -2.33. The summed E-state index contributed by atoms with van der Waals surface area (Å²) in [6.07, 6.45) is 1.66. The zero-order valence-electron chi connectivity index (χ0n) is 19.3. The van der Waals surface area contributed by atoms with Crippen LogP contribution in [0.25, 0.3) is 0 Å². The molecule has 174 valence electrons. The van der Waals surface area contributed by atoms with Gasteiger partial charge in [0.1, 0.15) is 5.82 Å². The summed E-state index contributed by atoms with van der Waals surface area (Å²) in [5.74, 6) is 0.617. The number of hydrogen-bond donors (Lipinski definition) is 2. The van der Waals surface area contributed by atoms with Crippen LogP contribution in [0.4, 0.5) is 11.5 Å². The van der Waals surface area contributed by atoms with E-state index in [0.717, 1.165) is 37.6 Å². The van der Waals surface area contributed by atoms with Crippen molar-refractivity contribution >= 4 is 27.4 Å². The van der Waals surface area contributed by atoms with Crippen molar-refractivity contribution in [1.29, 1.82) is 0 Å². The Morgan fingerprint density at radius 3 is 2.25 bits per heavy atom. The van der Waals surface area contributed by atoms with E-state index in [1.54, 1.807) is 18.3 Å². The topological polar surface area (TPSA) is 94.6 Å². The highest BCUT2D eigenvalue weighted by Crippen LogP contribution is 2.23. The molecule has 1 fully saturated rings. The van der Waals surface area contributed by atoms with Crippen molar-refractivity contribution in [1.82, 2.24) is 14.6 Å². The maximum absolute atomic E-state index is 12.5. The fourth-order valence-corrected chi connectivity index (χ4v) is 4.45. The highest BCUT2D eigenvalue weighted by Gasteiger charge is 2.18. The molecule has 0 spiro atoms. The summed E-state index contributed by atoms with van der Waals surface area (Å²) in [6.45, 7) is 10.1. The number of pyridine rings is 1. The van der Waals surface area contributed by atoms with E-state index < -0.39 is 10.0 Å². The largest absolute Gasteiger partial charge is 0.354 e. The van der Waals surface area contributed by atoms with E-state index in [4.69, 9.17) is 0 Å². The van der Waals surface area contributed by atoms with E-state index >= 15 is 0 Å². The Kier molecular flexibility index (Phi) is 7.53. The molecule has 3 rings (SSSR count). The van der Waals surface area contributed by atoms with Gasteiger partial charge in [0.15, 0.2) is 0 Å². The van der Waals surface area contributed by atoms with Gasteiger partial charge in [-0.1, -0.05) is 32.9 Å². The fraction of sp³-hybridized carbons (Fsp3) is 0.478. The van der Waals surface area contributed by atoms with Crippen LogP contribution >= 0.6 is 0 Å². The van der Waals surface area contributed by atoms with Crippen LogP contribution in [0.1, 0.15) is 32.8 Å². The molecule has 0 unspecified atom stereocenters. The number of piperazine rings is 1. The molecule has 2 aromatic rings. The molecule has 0 atom stereocenters. The minimum absolute atomic E-state index is 0.0159. The number of aromatic nitrogens is 1. The van der Waals surface area contributed by atoms with Gasteiger partial charge in [0.2, 0.25) is 15.9 Å². The third-order valence-electron chi connectivity index (χ3n) is 5.53. The summed E-state index contributed by atoms with van der Waals surface area (Å²) in [5, 5.41) is 2.77. The molecule has 1 aromatic heterocycles. The van der Waals surface area contributed by atoms with E-state index in [-0.39, 0.29) is 29.2 Å². The highest BCUT2D eigenvalue weighted by atomic mass is 32.2. The monoisotopic (exact) mass is 459 g/mol. The average molecular weight is 460 g/mol. The van der Waals surface area contributed by atoms with Gasteiger partial charge in [-0.2, -0.15) is 0 Å². The minimum atomic E-state index is -3.66. The maximum Gasteiger partial charge on any atom is 0.240 e. The number of hydrogen-bond acceptors (Lipinski definition) is 6. The van der Waals surface area contributed by atoms with Gasteiger partial charge in [-0.15, -0.1) is 0 Å². The van der Waals surface area contributed by atoms with Crippen LogP contribution in [0.15, 0.2) is 47.5 Å². The molecule has 32 heavy (non-hydrogen) atoms. The molecule has 1 amide bonds. The summed E-state index contributed by atoms with van der Waals surface area (Å²) < 4.78 is 27.5. The van der Waals surface area contributed by atoms with Crippen LogP contribution in [0.2, 0.25) is 0 Å². The average Bonchev–Trinajstić information content (AvgIpc) is 2.74. The lowest BCUT2D eigenvalue weighted by Crippen LogP contribution is -2.44. The molecule has 8 nitrogen and oxygen atoms in total. The normalized spacial score (nSPS) is 15.6. The molecular weight excluding hydrogens is 426 g/mol. The molecule has 0 radical (unpaired) electrons. The number of carbonyl (C=O) groups is 1. The van der Waals surface area contributed by atoms with Crippen molar-refractivity contribution < 1.29 is 13.2 Å². The Labute approximate surface area is 191 Å². The first-order chi connectivity index (χ1) is 15.0. The van der Waals surface area contributed by atoms with Gasteiger partial charge in [-0.3, -0.25) is 4.79 Å². The number of sulfonamides is 1. The van der Waals surface area contributed by atoms with Crippen LogP contribution in [0.3, 0.4) is 0 Å². The summed E-state index contributed by atoms with van der Waals surface area (Å²) in [5.41, 5.74) is 1.60. The number of benzene rings is 1. The highest BCUT2D eigenvalue weighted by molar-refractivity contribution is 7.89. The summed E-state index contributed by atoms with van der Waals surface area (Å²) in [4.78, 5) is 21.4. The SMILES string of the molecule is CN1CCN(c2ccc(NC(=O)CCNS(=O)(=O)c3ccc(C(C)(C)C)cc3)cn2)CC1. The molecule has 1 saturated heterocycles. The van der Waals surface area contributed by atoms with Gasteiger partial charge in [-0.05, 0) is 42.3 Å². The second-order valence-electron chi connectivity index (χ2n) is 9.17. The quantitative estimate of drug-likeness (QED) is 0.661. The predicted molar refractivity (Wildman–Crippen MR) is 128 cm³/mol. The first kappa shape index (κ1) is 24.2. The van der Waals surface area contributed by atoms with Crippen molar-refractivity contribution in [3.63, 3.8) is 0 Å². The standard InChI is InChI=1S/C23H33N5O3S/c1-23(2,3)18-5-8-20(9-6-18)32(30,31)25-12-11-22(29)26-19-7-10-21(24-17-19)28-15-13-27(4)14-16-28/h5-10,17,25H,11-16H2,1-4H3,(H,26,29). The van der Waals surface area contributed by atoms with Crippen molar-refractivity contribution in [2.45, 2.75) is 37.5 Å². The Balaban J connectivity index is 1.47. The van der Waals surface area contributed by atoms with Crippen molar-refractivity contribution in [3.8, 4) is 0 Å². The first-order valence-electron chi connectivity index (χ1n) is 10.8. The van der Waals surface area contributed by atoms with Crippen LogP contribution in [0, 0.1) is 0 Å². The number of nitrogens with one attached hydrogen (secondary N) is 2. The Bertz CT molecular complexity index is 1010. The molecular formula is C23H33N5O3S. The Hall–Kier alpha value is -2.49. The van der Waals surface area contributed by atoms with Gasteiger partial charge in [0.05, 0.1) is 16.8 Å². The van der Waals surface area contributed by atoms with Crippen molar-refractivity contribution in [2.24, 2.45) is 0 Å². The molecule has 2 N–H and O–H groups in total. The maximum atomic E-state index is 12.5. The number of anilines is 2. The number of rotatable bonds is 7. The third kappa shape index (κ3) is 6.51. The van der Waals surface area contributed by atoms with Gasteiger partial charge >= 0.3 is 0 Å². The molecule has 0 aliphatic carbocycles. The number of amides is 1. The summed E-state index contributed by atoms with van der Waals surface area (Å²) in [7, 11) is -1.56. The zero-order chi connectivity index (χ0) is 23.4. The molecule has 0 bridgehead atoms. The van der Waals surface area contributed by atoms with Crippen LogP contribution in [-0.4, -0.2) is 64.0 Å². The second-order valence-corrected chi connectivity index (χ2v) is 10.9. The fourth-order valence-electron chi connectivity index (χ4n) is 3.42. The van der Waals surface area contributed by atoms with Crippen molar-refractivity contribution in [2.75, 3.05) is 50.0 Å². The smallest absolute Gasteiger partial charge is 0.240 e. The minimum Gasteiger partial charge on any atom is -0.354 e. The molecule has 9 heteroatoms. The predicted octanol–water partition coefficient (Wildman–Crippen LogP) is 2.44. The molecule has 2 heterocycles. The Morgan fingerprint density at radius 2 is 1.69 bits per heavy atom. The second kappa shape index (κ2) is 9.97.